The molecule has 3 atom stereocenters. The van der Waals surface area contributed by atoms with E-state index in [1.165, 1.54) is 22.3 Å². The largest absolute Gasteiger partial charge is 0.324 e. The molecule has 0 amide bonds. The number of nitrogens with one attached hydrogen (secondary N) is 2. The average Bonchev–Trinajstić information content (AvgIpc) is 1.38. The molecule has 7 aliphatic rings. The van der Waals surface area contributed by atoms with Gasteiger partial charge in [-0.3, -0.25) is 4.90 Å². The minimum absolute atomic E-state index is 0.123. The summed E-state index contributed by atoms with van der Waals surface area (Å²) in [7, 11) is 2.57. The molecular weight excluding hydrogens is 1410 g/mol. The number of benzene rings is 21. The molecule has 2 N–H and O–H groups in total. The third-order valence-electron chi connectivity index (χ3n) is 35.6. The summed E-state index contributed by atoms with van der Waals surface area (Å²) in [6.07, 6.45) is 0. The maximum absolute atomic E-state index is 5.99. The highest BCUT2D eigenvalue weighted by molar-refractivity contribution is 6.82. The van der Waals surface area contributed by atoms with Gasteiger partial charge in [0.2, 0.25) is 0 Å². The zero-order valence-electron chi connectivity index (χ0n) is 63.8. The van der Waals surface area contributed by atoms with Crippen molar-refractivity contribution < 1.29 is 0 Å². The van der Waals surface area contributed by atoms with Gasteiger partial charge in [0.15, 0.2) is 23.3 Å². The monoisotopic (exact) mass is 1460 g/mol. The summed E-state index contributed by atoms with van der Waals surface area (Å²) in [6.45, 7) is 21.6. The van der Waals surface area contributed by atoms with Crippen molar-refractivity contribution in [3.63, 3.8) is 0 Å². The summed E-state index contributed by atoms with van der Waals surface area (Å²) < 4.78 is 0. The van der Waals surface area contributed by atoms with Gasteiger partial charge in [0.1, 0.15) is 22.6 Å². The van der Waals surface area contributed by atoms with Gasteiger partial charge < -0.3 is 9.97 Å². The van der Waals surface area contributed by atoms with E-state index < -0.39 is 10.8 Å². The quantitative estimate of drug-likeness (QED) is 0.157. The summed E-state index contributed by atoms with van der Waals surface area (Å²) in [5.74, 6) is 2.52. The molecule has 9 nitrogen and oxygen atoms in total. The van der Waals surface area contributed by atoms with Crippen LogP contribution in [0.5, 0.6) is 0 Å². The first-order valence-electron chi connectivity index (χ1n) is 42.3. The molecule has 32 aromatic carbocycles. The van der Waals surface area contributed by atoms with E-state index in [9.17, 15) is 0 Å². The van der Waals surface area contributed by atoms with Crippen LogP contribution in [0.4, 0.5) is 0 Å². The van der Waals surface area contributed by atoms with Crippen LogP contribution < -0.4 is 0 Å². The van der Waals surface area contributed by atoms with E-state index in [0.29, 0.717) is 40.2 Å². The van der Waals surface area contributed by atoms with Crippen LogP contribution in [0, 0.1) is 0 Å². The molecule has 1 saturated heterocycles. The van der Waals surface area contributed by atoms with Crippen LogP contribution in [0.1, 0.15) is 113 Å². The first-order valence-corrected chi connectivity index (χ1v) is 42.3. The number of likely N-dealkylation sites (tertiary alicyclic amines) is 1. The van der Waals surface area contributed by atoms with Crippen LogP contribution in [0.3, 0.4) is 0 Å². The Morgan fingerprint density at radius 2 is 0.638 bits per heavy atom. The summed E-state index contributed by atoms with van der Waals surface area (Å²) in [4.78, 5) is 45.6. The Hall–Kier alpha value is -13.3. The van der Waals surface area contributed by atoms with Crippen molar-refractivity contribution in [1.29, 1.82) is 0 Å². The van der Waals surface area contributed by atoms with Gasteiger partial charge in [-0.2, -0.15) is 0 Å². The summed E-state index contributed by atoms with van der Waals surface area (Å²) in [6, 6.07) is 27.6. The molecule has 9 heteroatoms. The van der Waals surface area contributed by atoms with Crippen molar-refractivity contribution in [2.75, 3.05) is 13.6 Å². The van der Waals surface area contributed by atoms with E-state index in [4.69, 9.17) is 29.9 Å². The third-order valence-corrected chi connectivity index (χ3v) is 35.6. The molecule has 4 aliphatic carbocycles. The van der Waals surface area contributed by atoms with Crippen LogP contribution in [0.15, 0.2) is 72.8 Å². The Bertz CT molecular complexity index is 11100. The maximum atomic E-state index is 5.99. The van der Waals surface area contributed by atoms with Crippen molar-refractivity contribution in [1.82, 2.24) is 44.8 Å². The van der Waals surface area contributed by atoms with Gasteiger partial charge in [-0.05, 0) is 371 Å². The SMILES string of the molecule is CN1CC23c4c5c6c7c8c9c(c%10c%11c2c2c%12c4c4c%13c5c5c7c7c8c8c%14c9c%10c9c%10c%11c2c2c%11c%12c4c4c%12c%13c5c5c7c7c8c8c%14c9c9c%10c2c2c%11c4c4c%12c5c7c5c8c9c2c45)C63C1c1ccc2c(c1)-c1nc-2nc2[nH]c(nc3nc(nc4[nH]c(n1)c1ccc(C(C)(C)C)cc41)-c1cccc(C(C)(C)C)c1-3)c1c(C(C)(C)C)cccc21. The normalized spacial score (nSPS) is 19.9. The summed E-state index contributed by atoms with van der Waals surface area (Å²) in [5.41, 5.74) is 16.7. The molecule has 35 aromatic rings. The Morgan fingerprint density at radius 1 is 0.284 bits per heavy atom. The number of likely N-dealkylation sites (N-methyl/N-ethyl adjacent to an activating group) is 1. The van der Waals surface area contributed by atoms with Gasteiger partial charge >= 0.3 is 0 Å². The zero-order valence-corrected chi connectivity index (χ0v) is 63.8. The fourth-order valence-electron chi connectivity index (χ4n) is 33.3. The van der Waals surface area contributed by atoms with Gasteiger partial charge in [-0.25, -0.2) is 29.9 Å². The van der Waals surface area contributed by atoms with Gasteiger partial charge in [-0.1, -0.05) is 123 Å². The number of hydrogen-bond donors (Lipinski definition) is 2. The van der Waals surface area contributed by atoms with Gasteiger partial charge in [0.05, 0.1) is 10.8 Å². The molecule has 0 saturated carbocycles. The van der Waals surface area contributed by atoms with Gasteiger partial charge in [0, 0.05) is 56.4 Å². The second kappa shape index (κ2) is 13.4. The van der Waals surface area contributed by atoms with Crippen molar-refractivity contribution in [3.8, 4) is 45.6 Å². The van der Waals surface area contributed by atoms with Crippen molar-refractivity contribution >= 4 is 335 Å². The first kappa shape index (κ1) is 52.1. The lowest BCUT2D eigenvalue weighted by molar-refractivity contribution is 0.272. The number of aromatic amines is 2. The number of nitrogens with zero attached hydrogens (tertiary/aromatic N) is 7. The van der Waals surface area contributed by atoms with E-state index >= 15 is 0 Å². The van der Waals surface area contributed by atoms with Gasteiger partial charge in [-0.15, -0.1) is 0 Å². The highest BCUT2D eigenvalue weighted by Crippen LogP contribution is 2.87. The van der Waals surface area contributed by atoms with Crippen LogP contribution in [-0.4, -0.2) is 58.4 Å². The Balaban J connectivity index is 0.698. The van der Waals surface area contributed by atoms with E-state index in [0.717, 1.165) is 56.0 Å². The number of rotatable bonds is 1. The third kappa shape index (κ3) is 3.77. The zero-order chi connectivity index (χ0) is 73.5. The van der Waals surface area contributed by atoms with Crippen LogP contribution in [-0.2, 0) is 27.1 Å². The molecule has 520 valence electrons. The van der Waals surface area contributed by atoms with Crippen molar-refractivity contribution in [2.24, 2.45) is 0 Å². The second-order valence-corrected chi connectivity index (χ2v) is 42.2. The fraction of sp³-hybridized carbons (Fsp3) is 0.159. The number of hydrogen-bond acceptors (Lipinski definition) is 7. The molecule has 3 aliphatic heterocycles. The predicted octanol–water partition coefficient (Wildman–Crippen LogP) is 27.1. The number of H-pyrrole nitrogens is 2. The molecule has 3 aromatic heterocycles. The minimum Gasteiger partial charge on any atom is -0.324 e. The van der Waals surface area contributed by atoms with Crippen LogP contribution in [0.2, 0.25) is 0 Å². The first-order chi connectivity index (χ1) is 56.5. The molecule has 116 heavy (non-hydrogen) atoms. The lowest BCUT2D eigenvalue weighted by Gasteiger charge is -2.50. The van der Waals surface area contributed by atoms with Crippen molar-refractivity contribution in [3.05, 3.63) is 117 Å². The van der Waals surface area contributed by atoms with Crippen LogP contribution in [0.25, 0.3) is 381 Å². The Labute approximate surface area is 647 Å². The highest BCUT2D eigenvalue weighted by Gasteiger charge is 2.76. The molecule has 0 radical (unpaired) electrons. The molecule has 3 unspecified atom stereocenters. The predicted molar refractivity (Wildman–Crippen MR) is 481 cm³/mol. The smallest absolute Gasteiger partial charge is 0.165 e. The van der Waals surface area contributed by atoms with E-state index in [1.54, 1.807) is 313 Å². The summed E-state index contributed by atoms with van der Waals surface area (Å²) >= 11 is 0. The Morgan fingerprint density at radius 3 is 1.12 bits per heavy atom. The molecular formula is C107H47N9. The number of aromatic nitrogens is 8. The lowest BCUT2D eigenvalue weighted by atomic mass is 9.49. The Kier molecular flexibility index (Phi) is 6.00. The number of fused-ring (bicyclic) bond motifs is 20. The maximum Gasteiger partial charge on any atom is 0.165 e. The minimum atomic E-state index is -0.575. The topological polar surface area (TPSA) is 112 Å². The molecule has 1 fully saturated rings. The standard InChI is InChI=1S/C107H47N9/c1-103(2,3)25-18-20-27-31(22-25)100-111-96(27)110-99-30-21-24(17-19-26(30)95(109-99)108-97-28-13-11-15-32(104(4,5)6)34(28)101(113-97)115-102-35-29(98(112-100)114-102)14-12-16-33(35)105(7,8)9)94-107-92-85-77-65-57-48-39-37-36-38-42(39)51-58-56-47(38)49-45-40(36)43-44-41(37)46-50(48)63(65)71-69-55(46)53(44)61-60-52(43)54(45)68-70-62(49)64(56)76-78-66(58)67(59(51)57)79(77)88(92)87(78)90-83(76)81(70)84-74(68)72(60)80-73(61)75(69)86(82(71)85)93(107)89(80)91(84)106(90,107)23-116(94)10/h11-22,94H,23H2,1-10H3,(H2,108,109,110,111,112,113,114,115). The van der Waals surface area contributed by atoms with Gasteiger partial charge in [0.25, 0.3) is 0 Å². The van der Waals surface area contributed by atoms with E-state index in [-0.39, 0.29) is 22.3 Å². The average molecular weight is 1460 g/mol. The molecule has 6 heterocycles. The lowest BCUT2D eigenvalue weighted by Crippen LogP contribution is -2.50. The summed E-state index contributed by atoms with van der Waals surface area (Å²) in [5, 5.41) is 91.5. The van der Waals surface area contributed by atoms with Crippen molar-refractivity contribution in [2.45, 2.75) is 95.4 Å². The van der Waals surface area contributed by atoms with Crippen LogP contribution >= 0.6 is 0 Å². The molecule has 42 rings (SSSR count). The molecule has 2 spiro atoms. The molecule has 8 bridgehead atoms. The van der Waals surface area contributed by atoms with E-state index in [1.807, 2.05) is 0 Å². The highest BCUT2D eigenvalue weighted by atomic mass is 15.2. The van der Waals surface area contributed by atoms with E-state index in [2.05, 4.69) is 157 Å². The second-order valence-electron chi connectivity index (χ2n) is 42.2. The fourth-order valence-corrected chi connectivity index (χ4v) is 33.3.